The van der Waals surface area contributed by atoms with Crippen LogP contribution in [0.25, 0.3) is 0 Å². The number of hydrogen-bond acceptors (Lipinski definition) is 1. The maximum atomic E-state index is 3.74. The summed E-state index contributed by atoms with van der Waals surface area (Å²) in [5, 5.41) is 1.69. The Hall–Kier alpha value is -0.170. The Balaban J connectivity index is 0. The van der Waals surface area contributed by atoms with E-state index in [2.05, 4.69) is 33.1 Å². The molecule has 0 saturated carbocycles. The van der Waals surface area contributed by atoms with E-state index in [1.54, 1.807) is 5.41 Å². The molecule has 0 aliphatic rings. The Morgan fingerprint density at radius 3 is 1.90 bits per heavy atom. The van der Waals surface area contributed by atoms with E-state index in [1.165, 1.54) is 0 Å². The van der Waals surface area contributed by atoms with Crippen LogP contribution in [-0.4, -0.2) is 0 Å². The molecule has 10 heavy (non-hydrogen) atoms. The monoisotopic (exact) mass is 158 g/mol. The van der Waals surface area contributed by atoms with Gasteiger partial charge in [-0.15, -0.1) is 6.58 Å². The maximum absolute atomic E-state index is 3.74. The van der Waals surface area contributed by atoms with Crippen molar-refractivity contribution in [3.05, 3.63) is 24.1 Å². The van der Waals surface area contributed by atoms with E-state index >= 15 is 0 Å². The lowest BCUT2D eigenvalue weighted by Gasteiger charge is -1.92. The SMILES string of the molecule is C/C=C/S.C=CCC(C)C. The molecular formula is C9H18S. The zero-order valence-corrected chi connectivity index (χ0v) is 8.07. The Labute approximate surface area is 70.4 Å². The zero-order valence-electron chi connectivity index (χ0n) is 7.17. The van der Waals surface area contributed by atoms with Crippen LogP contribution in [-0.2, 0) is 0 Å². The van der Waals surface area contributed by atoms with Gasteiger partial charge in [-0.25, -0.2) is 0 Å². The van der Waals surface area contributed by atoms with Crippen LogP contribution in [0.5, 0.6) is 0 Å². The van der Waals surface area contributed by atoms with Crippen LogP contribution >= 0.6 is 12.6 Å². The largest absolute Gasteiger partial charge is 0.152 e. The summed E-state index contributed by atoms with van der Waals surface area (Å²) in [6.45, 7) is 9.89. The molecule has 0 aliphatic heterocycles. The first-order chi connectivity index (χ1) is 4.68. The minimum absolute atomic E-state index is 0.780. The molecule has 0 bridgehead atoms. The van der Waals surface area contributed by atoms with Gasteiger partial charge in [0.2, 0.25) is 0 Å². The third-order valence-corrected chi connectivity index (χ3v) is 1.09. The normalized spacial score (nSPS) is 9.30. The van der Waals surface area contributed by atoms with Crippen LogP contribution in [0.2, 0.25) is 0 Å². The third-order valence-electron chi connectivity index (χ3n) is 0.787. The van der Waals surface area contributed by atoms with Crippen molar-refractivity contribution >= 4 is 12.6 Å². The van der Waals surface area contributed by atoms with Gasteiger partial charge in [-0.2, -0.15) is 12.6 Å². The van der Waals surface area contributed by atoms with Gasteiger partial charge in [0.05, 0.1) is 0 Å². The summed E-state index contributed by atoms with van der Waals surface area (Å²) in [7, 11) is 0. The van der Waals surface area contributed by atoms with E-state index < -0.39 is 0 Å². The Morgan fingerprint density at radius 1 is 1.50 bits per heavy atom. The summed E-state index contributed by atoms with van der Waals surface area (Å²) in [5.41, 5.74) is 0. The fraction of sp³-hybridized carbons (Fsp3) is 0.556. The lowest BCUT2D eigenvalue weighted by Crippen LogP contribution is -1.78. The van der Waals surface area contributed by atoms with Gasteiger partial charge < -0.3 is 0 Å². The highest BCUT2D eigenvalue weighted by atomic mass is 32.1. The minimum Gasteiger partial charge on any atom is -0.152 e. The van der Waals surface area contributed by atoms with E-state index in [0.29, 0.717) is 0 Å². The van der Waals surface area contributed by atoms with E-state index in [1.807, 2.05) is 19.1 Å². The van der Waals surface area contributed by atoms with Crippen LogP contribution in [0, 0.1) is 5.92 Å². The highest BCUT2D eigenvalue weighted by molar-refractivity contribution is 7.83. The molecule has 0 nitrogen and oxygen atoms in total. The zero-order chi connectivity index (χ0) is 8.41. The van der Waals surface area contributed by atoms with Crippen LogP contribution < -0.4 is 0 Å². The summed E-state index contributed by atoms with van der Waals surface area (Å²) in [5.74, 6) is 0.780. The predicted octanol–water partition coefficient (Wildman–Crippen LogP) is 3.67. The topological polar surface area (TPSA) is 0 Å². The standard InChI is InChI=1S/C6H12.C3H6S/c1-4-5-6(2)3;1-2-3-4/h4,6H,1,5H2,2-3H3;2-4H,1H3/b;3-2+. The van der Waals surface area contributed by atoms with E-state index in [0.717, 1.165) is 12.3 Å². The van der Waals surface area contributed by atoms with Crippen LogP contribution in [0.3, 0.4) is 0 Å². The maximum Gasteiger partial charge on any atom is -0.0330 e. The summed E-state index contributed by atoms with van der Waals surface area (Å²) in [6.07, 6.45) is 4.95. The molecule has 0 unspecified atom stereocenters. The molecule has 0 spiro atoms. The van der Waals surface area contributed by atoms with Crippen LogP contribution in [0.1, 0.15) is 27.2 Å². The number of rotatable bonds is 2. The lowest BCUT2D eigenvalue weighted by atomic mass is 10.1. The van der Waals surface area contributed by atoms with Gasteiger partial charge in [0.25, 0.3) is 0 Å². The highest BCUT2D eigenvalue weighted by Crippen LogP contribution is 1.96. The molecule has 0 saturated heterocycles. The van der Waals surface area contributed by atoms with Crippen molar-refractivity contribution in [1.29, 1.82) is 0 Å². The lowest BCUT2D eigenvalue weighted by molar-refractivity contribution is 0.664. The quantitative estimate of drug-likeness (QED) is 0.460. The molecule has 0 aromatic heterocycles. The molecule has 0 heterocycles. The molecular weight excluding hydrogens is 140 g/mol. The summed E-state index contributed by atoms with van der Waals surface area (Å²) >= 11 is 3.74. The Bertz CT molecular complexity index is 78.7. The van der Waals surface area contributed by atoms with Gasteiger partial charge in [-0.1, -0.05) is 26.0 Å². The van der Waals surface area contributed by atoms with Crippen molar-refractivity contribution in [3.63, 3.8) is 0 Å². The Kier molecular flexibility index (Phi) is 14.5. The predicted molar refractivity (Wildman–Crippen MR) is 53.5 cm³/mol. The molecule has 0 aliphatic carbocycles. The van der Waals surface area contributed by atoms with Gasteiger partial charge in [-0.05, 0) is 24.7 Å². The smallest absolute Gasteiger partial charge is 0.0330 e. The molecule has 0 N–H and O–H groups in total. The fourth-order valence-corrected chi connectivity index (χ4v) is 0.333. The van der Waals surface area contributed by atoms with Crippen LogP contribution in [0.15, 0.2) is 24.1 Å². The van der Waals surface area contributed by atoms with Gasteiger partial charge >= 0.3 is 0 Å². The number of thiol groups is 1. The second-order valence-electron chi connectivity index (χ2n) is 2.40. The molecule has 0 fully saturated rings. The van der Waals surface area contributed by atoms with Crippen molar-refractivity contribution < 1.29 is 0 Å². The number of hydrogen-bond donors (Lipinski definition) is 1. The van der Waals surface area contributed by atoms with Gasteiger partial charge in [-0.3, -0.25) is 0 Å². The molecule has 0 amide bonds. The molecule has 0 aromatic carbocycles. The number of allylic oxidation sites excluding steroid dienone is 2. The van der Waals surface area contributed by atoms with Gasteiger partial charge in [0.1, 0.15) is 0 Å². The van der Waals surface area contributed by atoms with Crippen molar-refractivity contribution in [2.45, 2.75) is 27.2 Å². The molecule has 1 heteroatoms. The molecule has 0 rings (SSSR count). The van der Waals surface area contributed by atoms with Crippen molar-refractivity contribution in [2.75, 3.05) is 0 Å². The summed E-state index contributed by atoms with van der Waals surface area (Å²) < 4.78 is 0. The van der Waals surface area contributed by atoms with Crippen LogP contribution in [0.4, 0.5) is 0 Å². The molecule has 60 valence electrons. The van der Waals surface area contributed by atoms with Crippen molar-refractivity contribution in [1.82, 2.24) is 0 Å². The highest BCUT2D eigenvalue weighted by Gasteiger charge is 1.82. The first-order valence-corrected chi connectivity index (χ1v) is 4.06. The third kappa shape index (κ3) is 24.9. The van der Waals surface area contributed by atoms with E-state index in [-0.39, 0.29) is 0 Å². The van der Waals surface area contributed by atoms with Crippen molar-refractivity contribution in [2.24, 2.45) is 5.92 Å². The minimum atomic E-state index is 0.780. The van der Waals surface area contributed by atoms with E-state index in [9.17, 15) is 0 Å². The van der Waals surface area contributed by atoms with E-state index in [4.69, 9.17) is 0 Å². The Morgan fingerprint density at radius 2 is 1.90 bits per heavy atom. The van der Waals surface area contributed by atoms with Crippen molar-refractivity contribution in [3.8, 4) is 0 Å². The van der Waals surface area contributed by atoms with Gasteiger partial charge in [0.15, 0.2) is 0 Å². The molecule has 0 atom stereocenters. The molecule has 0 radical (unpaired) electrons. The first kappa shape index (κ1) is 12.5. The first-order valence-electron chi connectivity index (χ1n) is 3.55. The second kappa shape index (κ2) is 11.6. The summed E-state index contributed by atoms with van der Waals surface area (Å²) in [4.78, 5) is 0. The molecule has 0 aromatic rings. The van der Waals surface area contributed by atoms with Gasteiger partial charge in [0, 0.05) is 0 Å². The second-order valence-corrected chi connectivity index (χ2v) is 2.70. The average Bonchev–Trinajstić information content (AvgIpc) is 1.89. The average molecular weight is 158 g/mol. The fourth-order valence-electron chi connectivity index (χ4n) is 0.333. The summed E-state index contributed by atoms with van der Waals surface area (Å²) in [6, 6.07) is 0.